The number of hydrogen-bond donors (Lipinski definition) is 1. The van der Waals surface area contributed by atoms with Crippen molar-refractivity contribution in [1.82, 2.24) is 4.90 Å². The van der Waals surface area contributed by atoms with E-state index >= 15 is 0 Å². The number of carbonyl (C=O) groups excluding carboxylic acids is 1. The van der Waals surface area contributed by atoms with Crippen molar-refractivity contribution in [2.24, 2.45) is 11.7 Å². The molecule has 0 bridgehead atoms. The molecule has 2 N–H and O–H groups in total. The molecule has 3 nitrogen and oxygen atoms in total. The number of primary amides is 1. The van der Waals surface area contributed by atoms with Crippen LogP contribution >= 0.6 is 15.9 Å². The summed E-state index contributed by atoms with van der Waals surface area (Å²) in [6.45, 7) is 4.23. The molecule has 1 amide bonds. The number of nitrogens with zero attached hydrogens (tertiary/aromatic N) is 1. The Labute approximate surface area is 107 Å². The number of likely N-dealkylation sites (tertiary alicyclic amines) is 1. The SMILES string of the molecule is CC1CCC(C(N)=O)CN1CCCCCBr. The molecule has 0 saturated carbocycles. The van der Waals surface area contributed by atoms with Crippen molar-refractivity contribution in [1.29, 1.82) is 0 Å². The summed E-state index contributed by atoms with van der Waals surface area (Å²) < 4.78 is 0. The zero-order chi connectivity index (χ0) is 12.0. The van der Waals surface area contributed by atoms with Gasteiger partial charge < -0.3 is 5.73 Å². The first kappa shape index (κ1) is 14.0. The number of carbonyl (C=O) groups is 1. The molecule has 1 aliphatic heterocycles. The zero-order valence-corrected chi connectivity index (χ0v) is 11.7. The Hall–Kier alpha value is -0.0900. The Morgan fingerprint density at radius 2 is 2.12 bits per heavy atom. The number of piperidine rings is 1. The van der Waals surface area contributed by atoms with Gasteiger partial charge in [-0.2, -0.15) is 0 Å². The van der Waals surface area contributed by atoms with Gasteiger partial charge in [0.15, 0.2) is 0 Å². The molecule has 0 spiro atoms. The van der Waals surface area contributed by atoms with Gasteiger partial charge in [0.2, 0.25) is 5.91 Å². The van der Waals surface area contributed by atoms with Gasteiger partial charge in [-0.3, -0.25) is 9.69 Å². The molecular weight excluding hydrogens is 268 g/mol. The van der Waals surface area contributed by atoms with Crippen LogP contribution in [-0.4, -0.2) is 35.3 Å². The number of hydrogen-bond acceptors (Lipinski definition) is 2. The van der Waals surface area contributed by atoms with E-state index in [1.54, 1.807) is 0 Å². The van der Waals surface area contributed by atoms with E-state index in [0.717, 1.165) is 31.3 Å². The molecule has 1 rings (SSSR count). The summed E-state index contributed by atoms with van der Waals surface area (Å²) in [5.74, 6) is -0.0512. The van der Waals surface area contributed by atoms with E-state index in [4.69, 9.17) is 5.73 Å². The van der Waals surface area contributed by atoms with Crippen LogP contribution in [-0.2, 0) is 4.79 Å². The van der Waals surface area contributed by atoms with Crippen molar-refractivity contribution in [2.75, 3.05) is 18.4 Å². The number of unbranched alkanes of at least 4 members (excludes halogenated alkanes) is 2. The van der Waals surface area contributed by atoms with Crippen molar-refractivity contribution in [3.63, 3.8) is 0 Å². The fourth-order valence-electron chi connectivity index (χ4n) is 2.31. The van der Waals surface area contributed by atoms with Crippen LogP contribution in [0.15, 0.2) is 0 Å². The minimum atomic E-state index is -0.127. The molecule has 4 heteroatoms. The van der Waals surface area contributed by atoms with Gasteiger partial charge in [-0.25, -0.2) is 0 Å². The normalized spacial score (nSPS) is 26.9. The Morgan fingerprint density at radius 3 is 2.75 bits per heavy atom. The standard InChI is InChI=1S/C12H23BrN2O/c1-10-5-6-11(12(14)16)9-15(10)8-4-2-3-7-13/h10-11H,2-9H2,1H3,(H2,14,16). The smallest absolute Gasteiger partial charge is 0.221 e. The minimum absolute atomic E-state index is 0.0763. The molecule has 1 fully saturated rings. The number of halogens is 1. The summed E-state index contributed by atoms with van der Waals surface area (Å²) in [6, 6.07) is 0.611. The fraction of sp³-hybridized carbons (Fsp3) is 0.917. The number of nitrogens with two attached hydrogens (primary N) is 1. The molecule has 2 unspecified atom stereocenters. The first-order valence-corrected chi connectivity index (χ1v) is 7.36. The Kier molecular flexibility index (Phi) is 6.36. The van der Waals surface area contributed by atoms with Crippen LogP contribution in [0.4, 0.5) is 0 Å². The lowest BCUT2D eigenvalue weighted by atomic mass is 9.93. The van der Waals surface area contributed by atoms with E-state index in [0.29, 0.717) is 6.04 Å². The van der Waals surface area contributed by atoms with Crippen LogP contribution in [0, 0.1) is 5.92 Å². The maximum atomic E-state index is 11.2. The maximum absolute atomic E-state index is 11.2. The highest BCUT2D eigenvalue weighted by molar-refractivity contribution is 9.09. The second kappa shape index (κ2) is 7.28. The van der Waals surface area contributed by atoms with Crippen LogP contribution in [0.1, 0.15) is 39.0 Å². The fourth-order valence-corrected chi connectivity index (χ4v) is 2.71. The maximum Gasteiger partial charge on any atom is 0.221 e. The highest BCUT2D eigenvalue weighted by Crippen LogP contribution is 2.22. The second-order valence-electron chi connectivity index (χ2n) is 4.77. The Morgan fingerprint density at radius 1 is 1.38 bits per heavy atom. The number of amides is 1. The average molecular weight is 291 g/mol. The molecule has 16 heavy (non-hydrogen) atoms. The molecule has 1 aliphatic rings. The first-order valence-electron chi connectivity index (χ1n) is 6.24. The predicted molar refractivity (Wildman–Crippen MR) is 70.6 cm³/mol. The van der Waals surface area contributed by atoms with Gasteiger partial charge in [0.05, 0.1) is 5.92 Å². The summed E-state index contributed by atoms with van der Waals surface area (Å²) in [7, 11) is 0. The third-order valence-corrected chi connectivity index (χ3v) is 4.05. The lowest BCUT2D eigenvalue weighted by molar-refractivity contribution is -0.123. The van der Waals surface area contributed by atoms with Crippen molar-refractivity contribution in [3.8, 4) is 0 Å². The molecule has 1 heterocycles. The first-order chi connectivity index (χ1) is 7.65. The highest BCUT2D eigenvalue weighted by atomic mass is 79.9. The number of alkyl halides is 1. The van der Waals surface area contributed by atoms with Gasteiger partial charge in [0.1, 0.15) is 0 Å². The topological polar surface area (TPSA) is 46.3 Å². The molecule has 2 atom stereocenters. The molecule has 0 aliphatic carbocycles. The third kappa shape index (κ3) is 4.42. The van der Waals surface area contributed by atoms with E-state index in [2.05, 4.69) is 27.8 Å². The van der Waals surface area contributed by atoms with Crippen LogP contribution < -0.4 is 5.73 Å². The monoisotopic (exact) mass is 290 g/mol. The summed E-state index contributed by atoms with van der Waals surface area (Å²) in [5.41, 5.74) is 5.38. The zero-order valence-electron chi connectivity index (χ0n) is 10.1. The van der Waals surface area contributed by atoms with Crippen molar-refractivity contribution in [3.05, 3.63) is 0 Å². The van der Waals surface area contributed by atoms with E-state index in [1.807, 2.05) is 0 Å². The van der Waals surface area contributed by atoms with Crippen LogP contribution in [0.25, 0.3) is 0 Å². The highest BCUT2D eigenvalue weighted by Gasteiger charge is 2.27. The molecule has 1 saturated heterocycles. The average Bonchev–Trinajstić information content (AvgIpc) is 2.26. The van der Waals surface area contributed by atoms with Gasteiger partial charge in [0, 0.05) is 17.9 Å². The van der Waals surface area contributed by atoms with Crippen LogP contribution in [0.2, 0.25) is 0 Å². The van der Waals surface area contributed by atoms with Gasteiger partial charge >= 0.3 is 0 Å². The lowest BCUT2D eigenvalue weighted by Gasteiger charge is -2.36. The Bertz CT molecular complexity index is 223. The Balaban J connectivity index is 2.29. The van der Waals surface area contributed by atoms with Crippen molar-refractivity contribution < 1.29 is 4.79 Å². The molecule has 94 valence electrons. The van der Waals surface area contributed by atoms with Crippen molar-refractivity contribution in [2.45, 2.75) is 45.1 Å². The van der Waals surface area contributed by atoms with E-state index in [-0.39, 0.29) is 11.8 Å². The van der Waals surface area contributed by atoms with E-state index < -0.39 is 0 Å². The van der Waals surface area contributed by atoms with Crippen LogP contribution in [0.5, 0.6) is 0 Å². The van der Waals surface area contributed by atoms with E-state index in [9.17, 15) is 4.79 Å². The molecule has 0 aromatic heterocycles. The molecular formula is C12H23BrN2O. The largest absolute Gasteiger partial charge is 0.369 e. The van der Waals surface area contributed by atoms with Gasteiger partial charge in [0.25, 0.3) is 0 Å². The molecule has 0 aromatic rings. The van der Waals surface area contributed by atoms with Gasteiger partial charge in [-0.15, -0.1) is 0 Å². The predicted octanol–water partition coefficient (Wildman–Crippen LogP) is 2.14. The van der Waals surface area contributed by atoms with Gasteiger partial charge in [-0.05, 0) is 39.2 Å². The minimum Gasteiger partial charge on any atom is -0.369 e. The summed E-state index contributed by atoms with van der Waals surface area (Å²) in [6.07, 6.45) is 5.79. The molecule has 0 radical (unpaired) electrons. The third-order valence-electron chi connectivity index (χ3n) is 3.49. The summed E-state index contributed by atoms with van der Waals surface area (Å²) in [5, 5.41) is 1.09. The summed E-state index contributed by atoms with van der Waals surface area (Å²) in [4.78, 5) is 13.6. The number of rotatable bonds is 6. The van der Waals surface area contributed by atoms with E-state index in [1.165, 1.54) is 19.3 Å². The molecule has 0 aromatic carbocycles. The second-order valence-corrected chi connectivity index (χ2v) is 5.56. The van der Waals surface area contributed by atoms with Gasteiger partial charge in [-0.1, -0.05) is 22.4 Å². The van der Waals surface area contributed by atoms with Crippen LogP contribution in [0.3, 0.4) is 0 Å². The van der Waals surface area contributed by atoms with Crippen molar-refractivity contribution >= 4 is 21.8 Å². The quantitative estimate of drug-likeness (QED) is 0.602. The summed E-state index contributed by atoms with van der Waals surface area (Å²) >= 11 is 3.44. The lowest BCUT2D eigenvalue weighted by Crippen LogP contribution is -2.46.